The van der Waals surface area contributed by atoms with Crippen LogP contribution < -0.4 is 5.43 Å². The number of fused-ring (bicyclic) bond motifs is 1. The van der Waals surface area contributed by atoms with Crippen molar-refractivity contribution in [2.45, 2.75) is 6.92 Å². The van der Waals surface area contributed by atoms with Gasteiger partial charge in [-0.2, -0.15) is 5.10 Å². The van der Waals surface area contributed by atoms with Crippen LogP contribution in [0.15, 0.2) is 53.8 Å². The third kappa shape index (κ3) is 2.54. The van der Waals surface area contributed by atoms with Gasteiger partial charge in [0, 0.05) is 11.8 Å². The summed E-state index contributed by atoms with van der Waals surface area (Å²) in [5, 5.41) is 13.5. The first kappa shape index (κ1) is 13.8. The molecule has 3 aromatic rings. The number of phenols is 1. The van der Waals surface area contributed by atoms with Crippen LogP contribution in [0.2, 0.25) is 0 Å². The third-order valence-corrected chi connectivity index (χ3v) is 3.23. The number of hydrogen-bond donors (Lipinski definition) is 2. The number of amides is 1. The molecule has 3 rings (SSSR count). The van der Waals surface area contributed by atoms with Crippen LogP contribution in [0.4, 0.5) is 0 Å². The molecular weight excluding hydrogens is 280 g/mol. The molecule has 2 N–H and O–H groups in total. The fourth-order valence-corrected chi connectivity index (χ4v) is 2.20. The Hall–Kier alpha value is -3.15. The van der Waals surface area contributed by atoms with E-state index in [0.717, 1.165) is 0 Å². The topological polar surface area (TPSA) is 79.0 Å². The van der Waals surface area contributed by atoms with Gasteiger partial charge in [0.15, 0.2) is 0 Å². The molecule has 0 fully saturated rings. The Kier molecular flexibility index (Phi) is 3.57. The molecule has 22 heavy (non-hydrogen) atoms. The number of benzene rings is 1. The first-order valence-electron chi connectivity index (χ1n) is 6.72. The predicted molar refractivity (Wildman–Crippen MR) is 83.1 cm³/mol. The van der Waals surface area contributed by atoms with Crippen molar-refractivity contribution in [1.29, 1.82) is 0 Å². The number of carbonyl (C=O) groups excluding carboxylic acids is 1. The highest BCUT2D eigenvalue weighted by Crippen LogP contribution is 2.13. The van der Waals surface area contributed by atoms with E-state index in [0.29, 0.717) is 22.6 Å². The average molecular weight is 294 g/mol. The number of carbonyl (C=O) groups is 1. The van der Waals surface area contributed by atoms with Crippen LogP contribution in [0.25, 0.3) is 5.65 Å². The fraction of sp³-hybridized carbons (Fsp3) is 0.0625. The Morgan fingerprint density at radius 1 is 1.27 bits per heavy atom. The van der Waals surface area contributed by atoms with Crippen LogP contribution in [0.1, 0.15) is 21.7 Å². The number of phenolic OH excluding ortho intramolecular Hbond substituents is 1. The van der Waals surface area contributed by atoms with E-state index in [4.69, 9.17) is 0 Å². The zero-order chi connectivity index (χ0) is 15.5. The molecule has 6 nitrogen and oxygen atoms in total. The van der Waals surface area contributed by atoms with Crippen LogP contribution in [0, 0.1) is 6.92 Å². The van der Waals surface area contributed by atoms with Gasteiger partial charge in [0.2, 0.25) is 0 Å². The molecule has 0 spiro atoms. The van der Waals surface area contributed by atoms with Gasteiger partial charge in [0.25, 0.3) is 5.91 Å². The van der Waals surface area contributed by atoms with Crippen molar-refractivity contribution in [2.75, 3.05) is 0 Å². The van der Waals surface area contributed by atoms with Gasteiger partial charge in [0.05, 0.1) is 11.9 Å². The Labute approximate surface area is 126 Å². The quantitative estimate of drug-likeness (QED) is 0.573. The second-order valence-electron chi connectivity index (χ2n) is 4.73. The number of nitrogens with zero attached hydrogens (tertiary/aromatic N) is 3. The summed E-state index contributed by atoms with van der Waals surface area (Å²) in [6.07, 6.45) is 3.17. The summed E-state index contributed by atoms with van der Waals surface area (Å²) >= 11 is 0. The van der Waals surface area contributed by atoms with Gasteiger partial charge in [0.1, 0.15) is 17.1 Å². The zero-order valence-electron chi connectivity index (χ0n) is 11.9. The molecule has 1 amide bonds. The number of imidazole rings is 1. The van der Waals surface area contributed by atoms with Crippen molar-refractivity contribution >= 4 is 17.8 Å². The average Bonchev–Trinajstić information content (AvgIpc) is 2.85. The number of aryl methyl sites for hydroxylation is 1. The number of pyridine rings is 1. The van der Waals surface area contributed by atoms with Crippen molar-refractivity contribution in [1.82, 2.24) is 14.8 Å². The van der Waals surface area contributed by atoms with Gasteiger partial charge >= 0.3 is 0 Å². The van der Waals surface area contributed by atoms with E-state index in [2.05, 4.69) is 15.5 Å². The molecule has 0 saturated heterocycles. The van der Waals surface area contributed by atoms with E-state index in [9.17, 15) is 9.90 Å². The minimum absolute atomic E-state index is 0.103. The zero-order valence-corrected chi connectivity index (χ0v) is 11.9. The van der Waals surface area contributed by atoms with E-state index in [-0.39, 0.29) is 11.7 Å². The van der Waals surface area contributed by atoms with Crippen molar-refractivity contribution in [3.63, 3.8) is 0 Å². The van der Waals surface area contributed by atoms with E-state index in [1.54, 1.807) is 41.8 Å². The van der Waals surface area contributed by atoms with Gasteiger partial charge in [-0.25, -0.2) is 10.4 Å². The lowest BCUT2D eigenvalue weighted by molar-refractivity contribution is 0.0948. The molecule has 2 aromatic heterocycles. The van der Waals surface area contributed by atoms with E-state index < -0.39 is 0 Å². The standard InChI is InChI=1S/C16H14N4O2/c1-11-15(20-9-5-4-8-14(20)18-11)16(22)19-17-10-12-6-2-3-7-13(12)21/h2-10,21H,1H3,(H,19,22)/b17-10-. The summed E-state index contributed by atoms with van der Waals surface area (Å²) in [7, 11) is 0. The molecule has 1 aromatic carbocycles. The number of rotatable bonds is 3. The van der Waals surface area contributed by atoms with Crippen LogP contribution in [0.3, 0.4) is 0 Å². The van der Waals surface area contributed by atoms with Gasteiger partial charge in [-0.1, -0.05) is 18.2 Å². The lowest BCUT2D eigenvalue weighted by Crippen LogP contribution is -2.20. The van der Waals surface area contributed by atoms with Crippen molar-refractivity contribution < 1.29 is 9.90 Å². The minimum atomic E-state index is -0.358. The Morgan fingerprint density at radius 3 is 2.86 bits per heavy atom. The number of nitrogens with one attached hydrogen (secondary N) is 1. The SMILES string of the molecule is Cc1nc2ccccn2c1C(=O)N/N=C\c1ccccc1O. The van der Waals surface area contributed by atoms with Crippen LogP contribution >= 0.6 is 0 Å². The minimum Gasteiger partial charge on any atom is -0.507 e. The van der Waals surface area contributed by atoms with E-state index >= 15 is 0 Å². The Balaban J connectivity index is 1.82. The summed E-state index contributed by atoms with van der Waals surface area (Å²) in [5.74, 6) is -0.255. The maximum atomic E-state index is 12.3. The number of para-hydroxylation sites is 1. The molecule has 0 saturated carbocycles. The molecule has 6 heteroatoms. The number of aromatic hydroxyl groups is 1. The molecule has 2 heterocycles. The molecule has 110 valence electrons. The highest BCUT2D eigenvalue weighted by Gasteiger charge is 2.15. The second-order valence-corrected chi connectivity index (χ2v) is 4.73. The normalized spacial score (nSPS) is 11.1. The van der Waals surface area contributed by atoms with Crippen LogP contribution in [0.5, 0.6) is 5.75 Å². The van der Waals surface area contributed by atoms with Crippen molar-refractivity contribution in [2.24, 2.45) is 5.10 Å². The molecule has 0 unspecified atom stereocenters. The summed E-state index contributed by atoms with van der Waals surface area (Å²) < 4.78 is 1.71. The first-order valence-corrected chi connectivity index (χ1v) is 6.72. The number of hydrogen-bond acceptors (Lipinski definition) is 4. The Morgan fingerprint density at radius 2 is 2.05 bits per heavy atom. The summed E-state index contributed by atoms with van der Waals surface area (Å²) in [6, 6.07) is 12.3. The molecule has 0 aliphatic heterocycles. The first-order chi connectivity index (χ1) is 10.7. The molecular formula is C16H14N4O2. The maximum absolute atomic E-state index is 12.3. The molecule has 0 aliphatic carbocycles. The Bertz CT molecular complexity index is 867. The fourth-order valence-electron chi connectivity index (χ4n) is 2.20. The van der Waals surface area contributed by atoms with Crippen molar-refractivity contribution in [3.05, 3.63) is 65.6 Å². The van der Waals surface area contributed by atoms with Crippen LogP contribution in [-0.4, -0.2) is 26.6 Å². The van der Waals surface area contributed by atoms with Gasteiger partial charge in [-0.3, -0.25) is 9.20 Å². The largest absolute Gasteiger partial charge is 0.507 e. The molecule has 0 bridgehead atoms. The van der Waals surface area contributed by atoms with Crippen LogP contribution in [-0.2, 0) is 0 Å². The highest BCUT2D eigenvalue weighted by atomic mass is 16.3. The molecule has 0 aliphatic rings. The van der Waals surface area contributed by atoms with Gasteiger partial charge < -0.3 is 5.11 Å². The second kappa shape index (κ2) is 5.69. The monoisotopic (exact) mass is 294 g/mol. The molecule has 0 radical (unpaired) electrons. The smallest absolute Gasteiger partial charge is 0.290 e. The predicted octanol–water partition coefficient (Wildman–Crippen LogP) is 2.11. The molecule has 0 atom stereocenters. The van der Waals surface area contributed by atoms with Gasteiger partial charge in [-0.05, 0) is 31.2 Å². The summed E-state index contributed by atoms with van der Waals surface area (Å²) in [4.78, 5) is 16.6. The third-order valence-electron chi connectivity index (χ3n) is 3.23. The number of hydrazone groups is 1. The van der Waals surface area contributed by atoms with Gasteiger partial charge in [-0.15, -0.1) is 0 Å². The van der Waals surface area contributed by atoms with E-state index in [1.165, 1.54) is 6.21 Å². The van der Waals surface area contributed by atoms with Crippen molar-refractivity contribution in [3.8, 4) is 5.75 Å². The number of aromatic nitrogens is 2. The lowest BCUT2D eigenvalue weighted by atomic mass is 10.2. The summed E-state index contributed by atoms with van der Waals surface area (Å²) in [6.45, 7) is 1.77. The lowest BCUT2D eigenvalue weighted by Gasteiger charge is -2.01. The maximum Gasteiger partial charge on any atom is 0.290 e. The van der Waals surface area contributed by atoms with E-state index in [1.807, 2.05) is 18.2 Å². The summed E-state index contributed by atoms with van der Waals surface area (Å²) in [5.41, 5.74) is 4.74. The highest BCUT2D eigenvalue weighted by molar-refractivity contribution is 5.95.